The van der Waals surface area contributed by atoms with Crippen LogP contribution in [-0.2, 0) is 6.54 Å². The summed E-state index contributed by atoms with van der Waals surface area (Å²) in [5, 5.41) is 17.7. The van der Waals surface area contributed by atoms with Crippen LogP contribution in [0.4, 0.5) is 0 Å². The van der Waals surface area contributed by atoms with Crippen molar-refractivity contribution in [3.63, 3.8) is 0 Å². The SMILES string of the molecule is CCCCn1c(O)c(C(=N)N)c(=O)n(C2CCCC2)c1=O. The summed E-state index contributed by atoms with van der Waals surface area (Å²) in [7, 11) is 0. The summed E-state index contributed by atoms with van der Waals surface area (Å²) < 4.78 is 2.35. The maximum atomic E-state index is 12.5. The van der Waals surface area contributed by atoms with Gasteiger partial charge in [0, 0.05) is 12.6 Å². The van der Waals surface area contributed by atoms with E-state index in [1.54, 1.807) is 0 Å². The molecule has 1 heterocycles. The third-order valence-corrected chi connectivity index (χ3v) is 4.04. The largest absolute Gasteiger partial charge is 0.494 e. The summed E-state index contributed by atoms with van der Waals surface area (Å²) in [5.74, 6) is -0.991. The summed E-state index contributed by atoms with van der Waals surface area (Å²) in [6.07, 6.45) is 5.04. The highest BCUT2D eigenvalue weighted by atomic mass is 16.3. The van der Waals surface area contributed by atoms with Crippen molar-refractivity contribution in [1.82, 2.24) is 9.13 Å². The fourth-order valence-corrected chi connectivity index (χ4v) is 2.90. The van der Waals surface area contributed by atoms with Gasteiger partial charge in [-0.15, -0.1) is 0 Å². The van der Waals surface area contributed by atoms with E-state index >= 15 is 0 Å². The minimum Gasteiger partial charge on any atom is -0.494 e. The number of amidine groups is 1. The first kappa shape index (κ1) is 15.3. The van der Waals surface area contributed by atoms with Crippen molar-refractivity contribution in [1.29, 1.82) is 5.41 Å². The van der Waals surface area contributed by atoms with Gasteiger partial charge in [-0.05, 0) is 19.3 Å². The van der Waals surface area contributed by atoms with E-state index < -0.39 is 23.0 Å². The van der Waals surface area contributed by atoms with E-state index in [4.69, 9.17) is 11.1 Å². The molecule has 116 valence electrons. The minimum atomic E-state index is -0.648. The second-order valence-corrected chi connectivity index (χ2v) is 5.51. The normalized spacial score (nSPS) is 15.5. The molecule has 0 aromatic carbocycles. The van der Waals surface area contributed by atoms with Crippen molar-refractivity contribution < 1.29 is 5.11 Å². The molecule has 4 N–H and O–H groups in total. The lowest BCUT2D eigenvalue weighted by atomic mass is 10.2. The van der Waals surface area contributed by atoms with Gasteiger partial charge in [0.1, 0.15) is 11.4 Å². The smallest absolute Gasteiger partial charge is 0.334 e. The second kappa shape index (κ2) is 6.15. The van der Waals surface area contributed by atoms with Crippen molar-refractivity contribution in [3.05, 3.63) is 26.4 Å². The predicted octanol–water partition coefficient (Wildman–Crippen LogP) is 0.915. The fraction of sp³-hybridized carbons (Fsp3) is 0.643. The molecule has 0 radical (unpaired) electrons. The molecule has 0 unspecified atom stereocenters. The Kier molecular flexibility index (Phi) is 4.50. The highest BCUT2D eigenvalue weighted by molar-refractivity contribution is 5.96. The van der Waals surface area contributed by atoms with Crippen LogP contribution in [0.1, 0.15) is 57.1 Å². The van der Waals surface area contributed by atoms with Crippen LogP contribution in [0, 0.1) is 5.41 Å². The predicted molar refractivity (Wildman–Crippen MR) is 80.1 cm³/mol. The number of aromatic nitrogens is 2. The third kappa shape index (κ3) is 2.72. The van der Waals surface area contributed by atoms with E-state index in [0.29, 0.717) is 13.0 Å². The number of aromatic hydroxyl groups is 1. The number of unbranched alkanes of at least 4 members (excludes halogenated alkanes) is 1. The van der Waals surface area contributed by atoms with Crippen LogP contribution in [0.2, 0.25) is 0 Å². The Bertz CT molecular complexity index is 653. The molecule has 0 atom stereocenters. The zero-order chi connectivity index (χ0) is 15.6. The van der Waals surface area contributed by atoms with Crippen LogP contribution in [-0.4, -0.2) is 20.1 Å². The van der Waals surface area contributed by atoms with Crippen LogP contribution in [0.3, 0.4) is 0 Å². The molecule has 1 aliphatic rings. The van der Waals surface area contributed by atoms with E-state index in [2.05, 4.69) is 0 Å². The van der Waals surface area contributed by atoms with Crippen LogP contribution in [0.25, 0.3) is 0 Å². The number of nitrogen functional groups attached to an aromatic ring is 1. The molecule has 1 aromatic heterocycles. The van der Waals surface area contributed by atoms with Gasteiger partial charge < -0.3 is 10.8 Å². The fourth-order valence-electron chi connectivity index (χ4n) is 2.90. The lowest BCUT2D eigenvalue weighted by Gasteiger charge is -2.18. The summed E-state index contributed by atoms with van der Waals surface area (Å²) in [5.41, 5.74) is 4.01. The van der Waals surface area contributed by atoms with Crippen LogP contribution in [0.5, 0.6) is 5.88 Å². The maximum Gasteiger partial charge on any atom is 0.334 e. The standard InChI is InChI=1S/C14H22N4O3/c1-2-3-8-17-12(19)10(11(15)16)13(20)18(14(17)21)9-6-4-5-7-9/h9,19H,2-8H2,1H3,(H3,15,16). The van der Waals surface area contributed by atoms with Crippen molar-refractivity contribution in [2.45, 2.75) is 58.0 Å². The van der Waals surface area contributed by atoms with Gasteiger partial charge >= 0.3 is 5.69 Å². The molecule has 1 saturated carbocycles. The molecule has 0 amide bonds. The maximum absolute atomic E-state index is 12.5. The first-order valence-electron chi connectivity index (χ1n) is 7.41. The van der Waals surface area contributed by atoms with Crippen molar-refractivity contribution in [2.75, 3.05) is 0 Å². The minimum absolute atomic E-state index is 0.156. The first-order valence-corrected chi connectivity index (χ1v) is 7.41. The Labute approximate surface area is 122 Å². The van der Waals surface area contributed by atoms with E-state index in [-0.39, 0.29) is 11.6 Å². The number of nitrogens with zero attached hydrogens (tertiary/aromatic N) is 2. The molecule has 21 heavy (non-hydrogen) atoms. The van der Waals surface area contributed by atoms with Gasteiger partial charge in [-0.25, -0.2) is 4.79 Å². The number of nitrogens with two attached hydrogens (primary N) is 1. The van der Waals surface area contributed by atoms with Gasteiger partial charge in [0.15, 0.2) is 0 Å². The summed E-state index contributed by atoms with van der Waals surface area (Å²) in [6, 6.07) is -0.156. The van der Waals surface area contributed by atoms with Crippen molar-refractivity contribution >= 4 is 5.84 Å². The highest BCUT2D eigenvalue weighted by Crippen LogP contribution is 2.27. The summed E-state index contributed by atoms with van der Waals surface area (Å²) >= 11 is 0. The number of hydrogen-bond acceptors (Lipinski definition) is 4. The monoisotopic (exact) mass is 294 g/mol. The third-order valence-electron chi connectivity index (χ3n) is 4.04. The Morgan fingerprint density at radius 3 is 2.52 bits per heavy atom. The van der Waals surface area contributed by atoms with E-state index in [1.807, 2.05) is 6.92 Å². The van der Waals surface area contributed by atoms with Gasteiger partial charge in [0.25, 0.3) is 5.56 Å². The molecule has 1 aromatic rings. The van der Waals surface area contributed by atoms with Crippen molar-refractivity contribution in [2.24, 2.45) is 5.73 Å². The molecular formula is C14H22N4O3. The highest BCUT2D eigenvalue weighted by Gasteiger charge is 2.26. The molecular weight excluding hydrogens is 272 g/mol. The molecule has 0 spiro atoms. The topological polar surface area (TPSA) is 114 Å². The van der Waals surface area contributed by atoms with Gasteiger partial charge in [0.2, 0.25) is 5.88 Å². The average Bonchev–Trinajstić information content (AvgIpc) is 2.92. The number of hydrogen-bond donors (Lipinski definition) is 3. The summed E-state index contributed by atoms with van der Waals surface area (Å²) in [6.45, 7) is 2.29. The second-order valence-electron chi connectivity index (χ2n) is 5.51. The molecule has 0 saturated heterocycles. The van der Waals surface area contributed by atoms with Crippen LogP contribution in [0.15, 0.2) is 9.59 Å². The quantitative estimate of drug-likeness (QED) is 0.553. The Hall–Kier alpha value is -2.05. The van der Waals surface area contributed by atoms with E-state index in [9.17, 15) is 14.7 Å². The zero-order valence-corrected chi connectivity index (χ0v) is 12.3. The number of rotatable bonds is 5. The Balaban J connectivity index is 2.68. The van der Waals surface area contributed by atoms with Gasteiger partial charge in [0.05, 0.1) is 0 Å². The van der Waals surface area contributed by atoms with E-state index in [1.165, 1.54) is 9.13 Å². The molecule has 2 rings (SSSR count). The molecule has 0 aliphatic heterocycles. The lowest BCUT2D eigenvalue weighted by molar-refractivity contribution is 0.367. The van der Waals surface area contributed by atoms with Crippen molar-refractivity contribution in [3.8, 4) is 5.88 Å². The van der Waals surface area contributed by atoms with E-state index in [0.717, 1.165) is 32.1 Å². The average molecular weight is 294 g/mol. The van der Waals surface area contributed by atoms with Crippen LogP contribution < -0.4 is 17.0 Å². The molecule has 7 nitrogen and oxygen atoms in total. The lowest BCUT2D eigenvalue weighted by Crippen LogP contribution is -2.45. The zero-order valence-electron chi connectivity index (χ0n) is 12.3. The Morgan fingerprint density at radius 2 is 2.00 bits per heavy atom. The van der Waals surface area contributed by atoms with Gasteiger partial charge in [-0.3, -0.25) is 19.3 Å². The molecule has 7 heteroatoms. The summed E-state index contributed by atoms with van der Waals surface area (Å²) in [4.78, 5) is 25.0. The molecule has 0 bridgehead atoms. The van der Waals surface area contributed by atoms with Gasteiger partial charge in [-0.2, -0.15) is 0 Å². The van der Waals surface area contributed by atoms with Gasteiger partial charge in [-0.1, -0.05) is 26.2 Å². The molecule has 1 aliphatic carbocycles. The van der Waals surface area contributed by atoms with Crippen LogP contribution >= 0.6 is 0 Å². The molecule has 1 fully saturated rings. The number of nitrogens with one attached hydrogen (secondary N) is 1. The Morgan fingerprint density at radius 1 is 1.38 bits per heavy atom. The first-order chi connectivity index (χ1) is 9.99.